The number of hydrogen-bond acceptors (Lipinski definition) is 2. The molecule has 1 fully saturated rings. The van der Waals surface area contributed by atoms with Crippen molar-refractivity contribution in [3.8, 4) is 0 Å². The van der Waals surface area contributed by atoms with Gasteiger partial charge in [-0.2, -0.15) is 0 Å². The third kappa shape index (κ3) is 2.68. The number of halogens is 1. The lowest BCUT2D eigenvalue weighted by Gasteiger charge is -2.23. The van der Waals surface area contributed by atoms with Crippen LogP contribution in [0.3, 0.4) is 0 Å². The molecule has 4 atom stereocenters. The van der Waals surface area contributed by atoms with E-state index in [1.54, 1.807) is 12.1 Å². The number of amides is 1. The van der Waals surface area contributed by atoms with Gasteiger partial charge in [-0.3, -0.25) is 9.59 Å². The second kappa shape index (κ2) is 5.53. The SMILES string of the molecule is O=C(O)[C@@H]1[C@H](C(=O)NCc2cccc(Cl)c2)[C@@H]2C=C[C@H]1C2. The van der Waals surface area contributed by atoms with Crippen molar-refractivity contribution in [3.05, 3.63) is 47.0 Å². The predicted molar refractivity (Wildman–Crippen MR) is 78.7 cm³/mol. The molecule has 0 heterocycles. The van der Waals surface area contributed by atoms with Gasteiger partial charge < -0.3 is 10.4 Å². The van der Waals surface area contributed by atoms with Crippen molar-refractivity contribution in [2.24, 2.45) is 23.7 Å². The summed E-state index contributed by atoms with van der Waals surface area (Å²) in [6.07, 6.45) is 4.68. The van der Waals surface area contributed by atoms with Crippen molar-refractivity contribution in [3.63, 3.8) is 0 Å². The summed E-state index contributed by atoms with van der Waals surface area (Å²) in [4.78, 5) is 23.8. The summed E-state index contributed by atoms with van der Waals surface area (Å²) in [5.41, 5.74) is 0.904. The second-order valence-corrected chi connectivity index (χ2v) is 6.12. The topological polar surface area (TPSA) is 66.4 Å². The normalized spacial score (nSPS) is 29.6. The maximum absolute atomic E-state index is 12.4. The Morgan fingerprint density at radius 1 is 1.24 bits per heavy atom. The zero-order chi connectivity index (χ0) is 15.0. The van der Waals surface area contributed by atoms with Gasteiger partial charge in [0.2, 0.25) is 5.91 Å². The second-order valence-electron chi connectivity index (χ2n) is 5.69. The first kappa shape index (κ1) is 14.1. The van der Waals surface area contributed by atoms with Gasteiger partial charge >= 0.3 is 5.97 Å². The van der Waals surface area contributed by atoms with E-state index in [2.05, 4.69) is 5.32 Å². The lowest BCUT2D eigenvalue weighted by molar-refractivity contribution is -0.147. The van der Waals surface area contributed by atoms with Crippen LogP contribution in [0.4, 0.5) is 0 Å². The van der Waals surface area contributed by atoms with Crippen LogP contribution >= 0.6 is 11.6 Å². The average Bonchev–Trinajstić information content (AvgIpc) is 3.05. The fraction of sp³-hybridized carbons (Fsp3) is 0.375. The summed E-state index contributed by atoms with van der Waals surface area (Å²) in [5.74, 6) is -2.07. The van der Waals surface area contributed by atoms with Gasteiger partial charge in [0.25, 0.3) is 0 Å². The molecule has 0 unspecified atom stereocenters. The minimum Gasteiger partial charge on any atom is -0.481 e. The Labute approximate surface area is 127 Å². The molecule has 0 radical (unpaired) electrons. The van der Waals surface area contributed by atoms with Crippen LogP contribution in [-0.4, -0.2) is 17.0 Å². The first-order valence-electron chi connectivity index (χ1n) is 6.99. The zero-order valence-electron chi connectivity index (χ0n) is 11.3. The Kier molecular flexibility index (Phi) is 3.72. The number of fused-ring (bicyclic) bond motifs is 2. The van der Waals surface area contributed by atoms with Gasteiger partial charge in [-0.1, -0.05) is 35.9 Å². The number of nitrogens with one attached hydrogen (secondary N) is 1. The Balaban J connectivity index is 1.68. The molecule has 1 amide bonds. The molecule has 0 saturated heterocycles. The molecule has 3 rings (SSSR count). The van der Waals surface area contributed by atoms with Crippen LogP contribution in [0.25, 0.3) is 0 Å². The van der Waals surface area contributed by atoms with Gasteiger partial charge in [-0.25, -0.2) is 0 Å². The molecule has 2 aliphatic carbocycles. The number of allylic oxidation sites excluding steroid dienone is 2. The first-order valence-corrected chi connectivity index (χ1v) is 7.37. The molecular formula is C16H16ClNO3. The third-order valence-corrected chi connectivity index (χ3v) is 4.64. The first-order chi connectivity index (χ1) is 10.1. The number of carbonyl (C=O) groups is 2. The average molecular weight is 306 g/mol. The van der Waals surface area contributed by atoms with E-state index in [9.17, 15) is 14.7 Å². The molecule has 0 aromatic heterocycles. The van der Waals surface area contributed by atoms with E-state index in [1.807, 2.05) is 24.3 Å². The molecule has 110 valence electrons. The minimum absolute atomic E-state index is 0.00517. The highest BCUT2D eigenvalue weighted by molar-refractivity contribution is 6.30. The van der Waals surface area contributed by atoms with Crippen LogP contribution in [0.2, 0.25) is 5.02 Å². The van der Waals surface area contributed by atoms with Crippen molar-refractivity contribution < 1.29 is 14.7 Å². The molecule has 2 bridgehead atoms. The van der Waals surface area contributed by atoms with Crippen LogP contribution in [-0.2, 0) is 16.1 Å². The van der Waals surface area contributed by atoms with Gasteiger partial charge in [0.1, 0.15) is 0 Å². The number of hydrogen-bond donors (Lipinski definition) is 2. The van der Waals surface area contributed by atoms with E-state index in [-0.39, 0.29) is 17.7 Å². The maximum atomic E-state index is 12.4. The Morgan fingerprint density at radius 2 is 1.95 bits per heavy atom. The van der Waals surface area contributed by atoms with E-state index in [0.29, 0.717) is 11.6 Å². The predicted octanol–water partition coefficient (Wildman–Crippen LogP) is 2.48. The number of benzene rings is 1. The molecule has 1 saturated carbocycles. The maximum Gasteiger partial charge on any atom is 0.307 e. The Bertz CT molecular complexity index is 613. The molecule has 1 aromatic carbocycles. The highest BCUT2D eigenvalue weighted by Crippen LogP contribution is 2.48. The largest absolute Gasteiger partial charge is 0.481 e. The summed E-state index contributed by atoms with van der Waals surface area (Å²) in [6, 6.07) is 7.26. The van der Waals surface area contributed by atoms with E-state index in [0.717, 1.165) is 12.0 Å². The molecule has 21 heavy (non-hydrogen) atoms. The lowest BCUT2D eigenvalue weighted by Crippen LogP contribution is -2.39. The molecule has 5 heteroatoms. The van der Waals surface area contributed by atoms with Crippen molar-refractivity contribution in [1.29, 1.82) is 0 Å². The standard InChI is InChI=1S/C16H16ClNO3/c17-12-3-1-2-9(6-12)8-18-15(19)13-10-4-5-11(7-10)14(13)16(20)21/h1-6,10-11,13-14H,7-8H2,(H,18,19)(H,20,21)/t10-,11+,13-,14+/m1/s1. The fourth-order valence-electron chi connectivity index (χ4n) is 3.47. The van der Waals surface area contributed by atoms with Crippen LogP contribution in [0, 0.1) is 23.7 Å². The summed E-state index contributed by atoms with van der Waals surface area (Å²) < 4.78 is 0. The van der Waals surface area contributed by atoms with Gasteiger partial charge in [0, 0.05) is 11.6 Å². The summed E-state index contributed by atoms with van der Waals surface area (Å²) >= 11 is 5.90. The Hall–Kier alpha value is -1.81. The Morgan fingerprint density at radius 3 is 2.62 bits per heavy atom. The summed E-state index contributed by atoms with van der Waals surface area (Å²) in [7, 11) is 0. The summed E-state index contributed by atoms with van der Waals surface area (Å²) in [5, 5.41) is 12.8. The zero-order valence-corrected chi connectivity index (χ0v) is 12.1. The molecule has 0 spiro atoms. The van der Waals surface area contributed by atoms with E-state index >= 15 is 0 Å². The van der Waals surface area contributed by atoms with Crippen LogP contribution < -0.4 is 5.32 Å². The third-order valence-electron chi connectivity index (χ3n) is 4.40. The van der Waals surface area contributed by atoms with Gasteiger partial charge in [-0.05, 0) is 36.0 Å². The molecule has 0 aliphatic heterocycles. The fourth-order valence-corrected chi connectivity index (χ4v) is 3.68. The molecule has 2 N–H and O–H groups in total. The molecule has 4 nitrogen and oxygen atoms in total. The summed E-state index contributed by atoms with van der Waals surface area (Å²) in [6.45, 7) is 0.364. The number of aliphatic carboxylic acids is 1. The van der Waals surface area contributed by atoms with Crippen LogP contribution in [0.5, 0.6) is 0 Å². The van der Waals surface area contributed by atoms with Crippen molar-refractivity contribution >= 4 is 23.5 Å². The van der Waals surface area contributed by atoms with E-state index < -0.39 is 17.8 Å². The monoisotopic (exact) mass is 305 g/mol. The number of rotatable bonds is 4. The van der Waals surface area contributed by atoms with E-state index in [4.69, 9.17) is 11.6 Å². The highest BCUT2D eigenvalue weighted by Gasteiger charge is 2.51. The highest BCUT2D eigenvalue weighted by atomic mass is 35.5. The quantitative estimate of drug-likeness (QED) is 0.840. The van der Waals surface area contributed by atoms with E-state index in [1.165, 1.54) is 0 Å². The number of carboxylic acid groups (broad SMARTS) is 1. The number of carbonyl (C=O) groups excluding carboxylic acids is 1. The smallest absolute Gasteiger partial charge is 0.307 e. The molecule has 1 aromatic rings. The van der Waals surface area contributed by atoms with Gasteiger partial charge in [-0.15, -0.1) is 0 Å². The van der Waals surface area contributed by atoms with Crippen molar-refractivity contribution in [2.45, 2.75) is 13.0 Å². The number of carboxylic acids is 1. The minimum atomic E-state index is -0.880. The molecule has 2 aliphatic rings. The molecular weight excluding hydrogens is 290 g/mol. The van der Waals surface area contributed by atoms with Crippen LogP contribution in [0.1, 0.15) is 12.0 Å². The van der Waals surface area contributed by atoms with Gasteiger partial charge in [0.05, 0.1) is 11.8 Å². The van der Waals surface area contributed by atoms with Crippen molar-refractivity contribution in [2.75, 3.05) is 0 Å². The van der Waals surface area contributed by atoms with Crippen molar-refractivity contribution in [1.82, 2.24) is 5.32 Å². The lowest BCUT2D eigenvalue weighted by atomic mass is 9.82. The van der Waals surface area contributed by atoms with Gasteiger partial charge in [0.15, 0.2) is 0 Å². The van der Waals surface area contributed by atoms with Crippen LogP contribution in [0.15, 0.2) is 36.4 Å².